The molecule has 0 aliphatic rings. The highest BCUT2D eigenvalue weighted by molar-refractivity contribution is 6.74. The summed E-state index contributed by atoms with van der Waals surface area (Å²) < 4.78 is 19.2. The molecule has 0 spiro atoms. The number of pyridine rings is 1. The molecule has 16 heavy (non-hydrogen) atoms. The summed E-state index contributed by atoms with van der Waals surface area (Å²) in [6.07, 6.45) is 1.59. The Morgan fingerprint density at radius 1 is 1.38 bits per heavy atom. The van der Waals surface area contributed by atoms with Crippen molar-refractivity contribution in [2.24, 2.45) is 0 Å². The third-order valence-electron chi connectivity index (χ3n) is 3.21. The lowest BCUT2D eigenvalue weighted by molar-refractivity contribution is 0.266. The van der Waals surface area contributed by atoms with E-state index in [0.717, 1.165) is 0 Å². The van der Waals surface area contributed by atoms with E-state index in [0.29, 0.717) is 5.69 Å². The van der Waals surface area contributed by atoms with Crippen molar-refractivity contribution in [3.05, 3.63) is 29.8 Å². The molecule has 0 aromatic carbocycles. The SMILES string of the molecule is CC(C)(C)[Si](C)(C)OCc1ncccc1F. The molecule has 0 radical (unpaired) electrons. The third kappa shape index (κ3) is 3.12. The van der Waals surface area contributed by atoms with Crippen molar-refractivity contribution in [3.8, 4) is 0 Å². The number of rotatable bonds is 3. The van der Waals surface area contributed by atoms with E-state index >= 15 is 0 Å². The maximum atomic E-state index is 13.3. The fourth-order valence-corrected chi connectivity index (χ4v) is 1.92. The lowest BCUT2D eigenvalue weighted by atomic mass is 10.2. The van der Waals surface area contributed by atoms with Crippen LogP contribution in [0.2, 0.25) is 18.1 Å². The third-order valence-corrected chi connectivity index (χ3v) is 7.69. The maximum Gasteiger partial charge on any atom is 0.192 e. The molecule has 90 valence electrons. The fourth-order valence-electron chi connectivity index (χ4n) is 0.990. The maximum absolute atomic E-state index is 13.3. The van der Waals surface area contributed by atoms with Gasteiger partial charge in [0.15, 0.2) is 8.32 Å². The van der Waals surface area contributed by atoms with Gasteiger partial charge in [-0.15, -0.1) is 0 Å². The van der Waals surface area contributed by atoms with Gasteiger partial charge in [0, 0.05) is 6.20 Å². The molecule has 0 N–H and O–H groups in total. The highest BCUT2D eigenvalue weighted by atomic mass is 28.4. The lowest BCUT2D eigenvalue weighted by Crippen LogP contribution is -2.40. The second-order valence-corrected chi connectivity index (χ2v) is 10.3. The zero-order valence-corrected chi connectivity index (χ0v) is 11.7. The molecule has 0 saturated carbocycles. The summed E-state index contributed by atoms with van der Waals surface area (Å²) in [5.41, 5.74) is 0.396. The Balaban J connectivity index is 2.69. The van der Waals surface area contributed by atoms with E-state index in [1.165, 1.54) is 6.07 Å². The van der Waals surface area contributed by atoms with Crippen LogP contribution in [0, 0.1) is 5.82 Å². The standard InChI is InChI=1S/C12H20FNOSi/c1-12(2,3)16(4,5)15-9-11-10(13)7-6-8-14-11/h6-8H,9H2,1-5H3. The molecule has 4 heteroatoms. The van der Waals surface area contributed by atoms with Crippen LogP contribution in [0.4, 0.5) is 4.39 Å². The summed E-state index contributed by atoms with van der Waals surface area (Å²) >= 11 is 0. The van der Waals surface area contributed by atoms with Crippen LogP contribution in [-0.2, 0) is 11.0 Å². The Bertz CT molecular complexity index is 360. The second kappa shape index (κ2) is 4.63. The van der Waals surface area contributed by atoms with Crippen molar-refractivity contribution in [3.63, 3.8) is 0 Å². The van der Waals surface area contributed by atoms with Crippen molar-refractivity contribution >= 4 is 8.32 Å². The van der Waals surface area contributed by atoms with Gasteiger partial charge in [0.05, 0.1) is 6.61 Å². The molecule has 1 rings (SSSR count). The molecule has 2 nitrogen and oxygen atoms in total. The zero-order valence-electron chi connectivity index (χ0n) is 10.7. The summed E-state index contributed by atoms with van der Waals surface area (Å²) in [4.78, 5) is 3.99. The normalized spacial score (nSPS) is 12.9. The first-order valence-electron chi connectivity index (χ1n) is 5.47. The molecular formula is C12H20FNOSi. The first-order chi connectivity index (χ1) is 7.24. The first kappa shape index (κ1) is 13.3. The molecule has 0 aliphatic carbocycles. The molecule has 0 saturated heterocycles. The average Bonchev–Trinajstić information content (AvgIpc) is 2.15. The monoisotopic (exact) mass is 241 g/mol. The number of aromatic nitrogens is 1. The van der Waals surface area contributed by atoms with Crippen molar-refractivity contribution in [1.29, 1.82) is 0 Å². The van der Waals surface area contributed by atoms with Crippen molar-refractivity contribution in [2.45, 2.75) is 45.5 Å². The molecule has 1 aromatic rings. The van der Waals surface area contributed by atoms with Gasteiger partial charge < -0.3 is 4.43 Å². The predicted molar refractivity (Wildman–Crippen MR) is 66.2 cm³/mol. The molecule has 0 atom stereocenters. The number of hydrogen-bond donors (Lipinski definition) is 0. The largest absolute Gasteiger partial charge is 0.411 e. The van der Waals surface area contributed by atoms with E-state index in [-0.39, 0.29) is 17.5 Å². The molecule has 0 amide bonds. The van der Waals surface area contributed by atoms with Gasteiger partial charge in [-0.1, -0.05) is 20.8 Å². The van der Waals surface area contributed by atoms with Crippen LogP contribution >= 0.6 is 0 Å². The summed E-state index contributed by atoms with van der Waals surface area (Å²) in [7, 11) is -1.82. The Morgan fingerprint density at radius 2 is 2.00 bits per heavy atom. The van der Waals surface area contributed by atoms with E-state index in [9.17, 15) is 4.39 Å². The minimum Gasteiger partial charge on any atom is -0.411 e. The van der Waals surface area contributed by atoms with Gasteiger partial charge in [-0.25, -0.2) is 4.39 Å². The second-order valence-electron chi connectivity index (χ2n) is 5.48. The van der Waals surface area contributed by atoms with E-state index < -0.39 is 8.32 Å². The van der Waals surface area contributed by atoms with Crippen molar-refractivity contribution in [2.75, 3.05) is 0 Å². The summed E-state index contributed by atoms with van der Waals surface area (Å²) in [6, 6.07) is 3.00. The van der Waals surface area contributed by atoms with Crippen LogP contribution in [-0.4, -0.2) is 13.3 Å². The van der Waals surface area contributed by atoms with Gasteiger partial charge in [0.1, 0.15) is 11.5 Å². The quantitative estimate of drug-likeness (QED) is 0.752. The summed E-state index contributed by atoms with van der Waals surface area (Å²) in [6.45, 7) is 11.0. The van der Waals surface area contributed by atoms with Crippen LogP contribution in [0.15, 0.2) is 18.3 Å². The van der Waals surface area contributed by atoms with Crippen LogP contribution in [0.3, 0.4) is 0 Å². The lowest BCUT2D eigenvalue weighted by Gasteiger charge is -2.36. The highest BCUT2D eigenvalue weighted by Gasteiger charge is 2.37. The van der Waals surface area contributed by atoms with Gasteiger partial charge in [0.2, 0.25) is 0 Å². The van der Waals surface area contributed by atoms with Crippen LogP contribution < -0.4 is 0 Å². The van der Waals surface area contributed by atoms with E-state index in [2.05, 4.69) is 38.8 Å². The Labute approximate surface area is 98.0 Å². The van der Waals surface area contributed by atoms with Gasteiger partial charge in [-0.05, 0) is 30.3 Å². The Hall–Kier alpha value is -0.743. The number of nitrogens with zero attached hydrogens (tertiary/aromatic N) is 1. The minimum absolute atomic E-state index is 0.137. The van der Waals surface area contributed by atoms with E-state index in [1.54, 1.807) is 12.3 Å². The molecule has 1 heterocycles. The first-order valence-corrected chi connectivity index (χ1v) is 8.38. The minimum atomic E-state index is -1.82. The van der Waals surface area contributed by atoms with Crippen LogP contribution in [0.5, 0.6) is 0 Å². The van der Waals surface area contributed by atoms with Crippen molar-refractivity contribution < 1.29 is 8.82 Å². The Kier molecular flexibility index (Phi) is 3.86. The van der Waals surface area contributed by atoms with Gasteiger partial charge in [-0.2, -0.15) is 0 Å². The topological polar surface area (TPSA) is 22.1 Å². The highest BCUT2D eigenvalue weighted by Crippen LogP contribution is 2.36. The van der Waals surface area contributed by atoms with Crippen LogP contribution in [0.25, 0.3) is 0 Å². The molecule has 0 fully saturated rings. The molecule has 1 aromatic heterocycles. The molecular weight excluding hydrogens is 221 g/mol. The van der Waals surface area contributed by atoms with E-state index in [1.807, 2.05) is 0 Å². The number of hydrogen-bond acceptors (Lipinski definition) is 2. The number of halogens is 1. The average molecular weight is 241 g/mol. The molecule has 0 bridgehead atoms. The molecule has 0 aliphatic heterocycles. The zero-order chi connectivity index (χ0) is 12.4. The van der Waals surface area contributed by atoms with Crippen LogP contribution in [0.1, 0.15) is 26.5 Å². The smallest absolute Gasteiger partial charge is 0.192 e. The predicted octanol–water partition coefficient (Wildman–Crippen LogP) is 3.74. The molecule has 0 unspecified atom stereocenters. The van der Waals surface area contributed by atoms with E-state index in [4.69, 9.17) is 4.43 Å². The summed E-state index contributed by atoms with van der Waals surface area (Å²) in [5.74, 6) is -0.291. The van der Waals surface area contributed by atoms with Gasteiger partial charge >= 0.3 is 0 Å². The van der Waals surface area contributed by atoms with Gasteiger partial charge in [-0.3, -0.25) is 4.98 Å². The van der Waals surface area contributed by atoms with Gasteiger partial charge in [0.25, 0.3) is 0 Å². The van der Waals surface area contributed by atoms with Crippen molar-refractivity contribution in [1.82, 2.24) is 4.98 Å². The Morgan fingerprint density at radius 3 is 2.50 bits per heavy atom. The fraction of sp³-hybridized carbons (Fsp3) is 0.583. The summed E-state index contributed by atoms with van der Waals surface area (Å²) in [5, 5.41) is 0.137.